The lowest BCUT2D eigenvalue weighted by atomic mass is 10.1. The van der Waals surface area contributed by atoms with Crippen molar-refractivity contribution in [2.75, 3.05) is 0 Å². The topological polar surface area (TPSA) is 3.24 Å². The third-order valence-electron chi connectivity index (χ3n) is 4.31. The van der Waals surface area contributed by atoms with Crippen LogP contribution in [0.2, 0.25) is 0 Å². The highest BCUT2D eigenvalue weighted by Crippen LogP contribution is 2.17. The molecule has 0 fully saturated rings. The Kier molecular flexibility index (Phi) is 7.18. The zero-order chi connectivity index (χ0) is 15.6. The summed E-state index contributed by atoms with van der Waals surface area (Å²) in [6.45, 7) is 6.71. The molecule has 0 spiro atoms. The summed E-state index contributed by atoms with van der Waals surface area (Å²) >= 11 is 0. The Hall–Kier alpha value is -1.60. The molecule has 0 radical (unpaired) electrons. The van der Waals surface area contributed by atoms with Gasteiger partial charge in [-0.25, -0.2) is 0 Å². The molecule has 0 aliphatic rings. The van der Waals surface area contributed by atoms with E-state index in [1.54, 1.807) is 0 Å². The third kappa shape index (κ3) is 5.65. The van der Waals surface area contributed by atoms with Crippen LogP contribution in [-0.4, -0.2) is 10.9 Å². The van der Waals surface area contributed by atoms with E-state index in [1.807, 2.05) is 0 Å². The van der Waals surface area contributed by atoms with Gasteiger partial charge in [0.1, 0.15) is 0 Å². The molecular formula is C21H29N. The molecule has 2 aromatic carbocycles. The second-order valence-electron chi connectivity index (χ2n) is 6.22. The van der Waals surface area contributed by atoms with Gasteiger partial charge >= 0.3 is 0 Å². The van der Waals surface area contributed by atoms with Gasteiger partial charge in [-0.05, 0) is 24.5 Å². The van der Waals surface area contributed by atoms with Gasteiger partial charge in [-0.15, -0.1) is 0 Å². The maximum Gasteiger partial charge on any atom is 0.0240 e. The highest BCUT2D eigenvalue weighted by molar-refractivity contribution is 5.17. The molecule has 0 amide bonds. The van der Waals surface area contributed by atoms with Gasteiger partial charge in [-0.3, -0.25) is 4.90 Å². The summed E-state index contributed by atoms with van der Waals surface area (Å²) in [5.41, 5.74) is 2.81. The van der Waals surface area contributed by atoms with Crippen LogP contribution in [0.25, 0.3) is 0 Å². The molecule has 0 saturated carbocycles. The first-order valence-electron chi connectivity index (χ1n) is 8.61. The van der Waals surface area contributed by atoms with Gasteiger partial charge in [0.2, 0.25) is 0 Å². The Morgan fingerprint density at radius 1 is 0.773 bits per heavy atom. The Balaban J connectivity index is 2.02. The lowest BCUT2D eigenvalue weighted by Gasteiger charge is -2.29. The minimum atomic E-state index is 0.618. The molecule has 0 aliphatic heterocycles. The van der Waals surface area contributed by atoms with E-state index in [1.165, 1.54) is 36.8 Å². The van der Waals surface area contributed by atoms with Crippen molar-refractivity contribution in [1.29, 1.82) is 0 Å². The number of hydrogen-bond acceptors (Lipinski definition) is 1. The number of nitrogens with zero attached hydrogens (tertiary/aromatic N) is 1. The quantitative estimate of drug-likeness (QED) is 0.540. The average molecular weight is 295 g/mol. The van der Waals surface area contributed by atoms with Crippen molar-refractivity contribution in [2.24, 2.45) is 0 Å². The molecule has 0 aliphatic carbocycles. The van der Waals surface area contributed by atoms with Gasteiger partial charge in [0.25, 0.3) is 0 Å². The van der Waals surface area contributed by atoms with Crippen LogP contribution in [0.5, 0.6) is 0 Å². The summed E-state index contributed by atoms with van der Waals surface area (Å²) in [4.78, 5) is 2.61. The predicted octanol–water partition coefficient (Wildman–Crippen LogP) is 5.66. The van der Waals surface area contributed by atoms with Crippen molar-refractivity contribution >= 4 is 0 Å². The molecule has 0 bridgehead atoms. The third-order valence-corrected chi connectivity index (χ3v) is 4.31. The smallest absolute Gasteiger partial charge is 0.0240 e. The van der Waals surface area contributed by atoms with Gasteiger partial charge in [0.15, 0.2) is 0 Å². The van der Waals surface area contributed by atoms with Crippen LogP contribution in [0, 0.1) is 0 Å². The van der Waals surface area contributed by atoms with Crippen molar-refractivity contribution in [3.05, 3.63) is 71.8 Å². The maximum atomic E-state index is 2.61. The molecule has 1 atom stereocenters. The molecule has 0 saturated heterocycles. The Morgan fingerprint density at radius 2 is 1.27 bits per heavy atom. The minimum Gasteiger partial charge on any atom is -0.292 e. The fourth-order valence-corrected chi connectivity index (χ4v) is 2.88. The highest BCUT2D eigenvalue weighted by atomic mass is 15.1. The van der Waals surface area contributed by atoms with Gasteiger partial charge in [-0.1, -0.05) is 86.8 Å². The van der Waals surface area contributed by atoms with E-state index < -0.39 is 0 Å². The van der Waals surface area contributed by atoms with E-state index in [0.717, 1.165) is 13.1 Å². The minimum absolute atomic E-state index is 0.618. The van der Waals surface area contributed by atoms with Crippen molar-refractivity contribution < 1.29 is 0 Å². The SMILES string of the molecule is CCCCCC(C)N(Cc1ccccc1)Cc1ccccc1. The number of unbranched alkanes of at least 4 members (excludes halogenated alkanes) is 2. The van der Waals surface area contributed by atoms with E-state index in [-0.39, 0.29) is 0 Å². The maximum absolute atomic E-state index is 2.61. The van der Waals surface area contributed by atoms with Crippen molar-refractivity contribution in [3.63, 3.8) is 0 Å². The molecular weight excluding hydrogens is 266 g/mol. The van der Waals surface area contributed by atoms with E-state index >= 15 is 0 Å². The molecule has 0 aromatic heterocycles. The van der Waals surface area contributed by atoms with Gasteiger partial charge in [0, 0.05) is 19.1 Å². The molecule has 118 valence electrons. The monoisotopic (exact) mass is 295 g/mol. The Morgan fingerprint density at radius 3 is 1.73 bits per heavy atom. The van der Waals surface area contributed by atoms with Crippen LogP contribution < -0.4 is 0 Å². The lowest BCUT2D eigenvalue weighted by molar-refractivity contribution is 0.178. The summed E-state index contributed by atoms with van der Waals surface area (Å²) in [6, 6.07) is 22.3. The van der Waals surface area contributed by atoms with E-state index in [2.05, 4.69) is 79.4 Å². The normalized spacial score (nSPS) is 12.5. The highest BCUT2D eigenvalue weighted by Gasteiger charge is 2.14. The van der Waals surface area contributed by atoms with Crippen LogP contribution in [0.15, 0.2) is 60.7 Å². The number of rotatable bonds is 9. The molecule has 2 rings (SSSR count). The van der Waals surface area contributed by atoms with Crippen LogP contribution in [-0.2, 0) is 13.1 Å². The fourth-order valence-electron chi connectivity index (χ4n) is 2.88. The first-order valence-corrected chi connectivity index (χ1v) is 8.61. The molecule has 22 heavy (non-hydrogen) atoms. The lowest BCUT2D eigenvalue weighted by Crippen LogP contribution is -2.32. The second kappa shape index (κ2) is 9.42. The molecule has 0 heterocycles. The zero-order valence-corrected chi connectivity index (χ0v) is 14.0. The van der Waals surface area contributed by atoms with Crippen LogP contribution >= 0.6 is 0 Å². The predicted molar refractivity (Wildman–Crippen MR) is 95.7 cm³/mol. The van der Waals surface area contributed by atoms with Crippen LogP contribution in [0.4, 0.5) is 0 Å². The van der Waals surface area contributed by atoms with Crippen molar-refractivity contribution in [3.8, 4) is 0 Å². The van der Waals surface area contributed by atoms with Crippen LogP contribution in [0.3, 0.4) is 0 Å². The van der Waals surface area contributed by atoms with Gasteiger partial charge in [0.05, 0.1) is 0 Å². The second-order valence-corrected chi connectivity index (χ2v) is 6.22. The van der Waals surface area contributed by atoms with E-state index in [4.69, 9.17) is 0 Å². The van der Waals surface area contributed by atoms with Crippen LogP contribution in [0.1, 0.15) is 50.7 Å². The van der Waals surface area contributed by atoms with Crippen molar-refractivity contribution in [1.82, 2.24) is 4.90 Å². The number of hydrogen-bond donors (Lipinski definition) is 0. The Labute approximate surface area is 136 Å². The first-order chi connectivity index (χ1) is 10.8. The molecule has 0 N–H and O–H groups in total. The summed E-state index contributed by atoms with van der Waals surface area (Å²) in [5, 5.41) is 0. The standard InChI is InChI=1S/C21H29N/c1-3-4-7-12-19(2)22(17-20-13-8-5-9-14-20)18-21-15-10-6-11-16-21/h5-6,8-11,13-16,19H,3-4,7,12,17-18H2,1-2H3. The molecule has 1 unspecified atom stereocenters. The summed E-state index contributed by atoms with van der Waals surface area (Å²) in [6.07, 6.45) is 5.25. The zero-order valence-electron chi connectivity index (χ0n) is 14.0. The van der Waals surface area contributed by atoms with Crippen molar-refractivity contribution in [2.45, 2.75) is 58.7 Å². The van der Waals surface area contributed by atoms with Gasteiger partial charge < -0.3 is 0 Å². The molecule has 1 nitrogen and oxygen atoms in total. The number of benzene rings is 2. The Bertz CT molecular complexity index is 464. The first kappa shape index (κ1) is 16.8. The largest absolute Gasteiger partial charge is 0.292 e. The average Bonchev–Trinajstić information content (AvgIpc) is 2.56. The summed E-state index contributed by atoms with van der Waals surface area (Å²) < 4.78 is 0. The van der Waals surface area contributed by atoms with E-state index in [0.29, 0.717) is 6.04 Å². The van der Waals surface area contributed by atoms with Gasteiger partial charge in [-0.2, -0.15) is 0 Å². The fraction of sp³-hybridized carbons (Fsp3) is 0.429. The summed E-state index contributed by atoms with van der Waals surface area (Å²) in [7, 11) is 0. The molecule has 2 aromatic rings. The summed E-state index contributed by atoms with van der Waals surface area (Å²) in [5.74, 6) is 0. The molecule has 1 heteroatoms. The van der Waals surface area contributed by atoms with E-state index in [9.17, 15) is 0 Å².